The normalized spacial score (nSPS) is 20.1. The maximum atomic E-state index is 5.21. The first-order chi connectivity index (χ1) is 6.88. The van der Waals surface area contributed by atoms with E-state index in [0.29, 0.717) is 12.7 Å². The molecule has 1 aliphatic rings. The second kappa shape index (κ2) is 4.13. The van der Waals surface area contributed by atoms with Crippen LogP contribution in [0.25, 0.3) is 0 Å². The van der Waals surface area contributed by atoms with E-state index in [1.807, 2.05) is 18.2 Å². The fraction of sp³-hybridized carbons (Fsp3) is 0.364. The molecule has 1 heterocycles. The standard InChI is InChI=1S/C11H13NO2/c1-13-11-12-10(8-14-11)7-9-5-3-2-4-6-9/h2-6,10H,7-8H2,1H3/t10-/m0/s1. The molecule has 0 bridgehead atoms. The van der Waals surface area contributed by atoms with Crippen LogP contribution in [-0.2, 0) is 15.9 Å². The van der Waals surface area contributed by atoms with Crippen molar-refractivity contribution in [3.8, 4) is 0 Å². The van der Waals surface area contributed by atoms with Gasteiger partial charge in [0.05, 0.1) is 13.2 Å². The number of rotatable bonds is 2. The average molecular weight is 191 g/mol. The molecule has 0 aromatic heterocycles. The number of hydrogen-bond acceptors (Lipinski definition) is 3. The van der Waals surface area contributed by atoms with Gasteiger partial charge in [-0.3, -0.25) is 0 Å². The zero-order valence-electron chi connectivity index (χ0n) is 8.14. The molecule has 3 nitrogen and oxygen atoms in total. The van der Waals surface area contributed by atoms with Crippen LogP contribution in [0.15, 0.2) is 35.3 Å². The SMILES string of the molecule is COC1=N[C@@H](Cc2ccccc2)CO1. The molecule has 3 heteroatoms. The molecule has 1 atom stereocenters. The van der Waals surface area contributed by atoms with E-state index < -0.39 is 0 Å². The van der Waals surface area contributed by atoms with Crippen molar-refractivity contribution in [1.29, 1.82) is 0 Å². The van der Waals surface area contributed by atoms with Gasteiger partial charge in [0, 0.05) is 0 Å². The van der Waals surface area contributed by atoms with E-state index in [1.165, 1.54) is 5.56 Å². The van der Waals surface area contributed by atoms with Gasteiger partial charge in [-0.25, -0.2) is 4.99 Å². The van der Waals surface area contributed by atoms with Gasteiger partial charge in [0.2, 0.25) is 0 Å². The van der Waals surface area contributed by atoms with Crippen molar-refractivity contribution in [3.63, 3.8) is 0 Å². The van der Waals surface area contributed by atoms with Gasteiger partial charge in [-0.05, 0) is 12.0 Å². The van der Waals surface area contributed by atoms with Crippen LogP contribution < -0.4 is 0 Å². The molecule has 1 aromatic rings. The number of hydrogen-bond donors (Lipinski definition) is 0. The summed E-state index contributed by atoms with van der Waals surface area (Å²) in [5.41, 5.74) is 1.28. The lowest BCUT2D eigenvalue weighted by Crippen LogP contribution is -2.09. The van der Waals surface area contributed by atoms with Crippen molar-refractivity contribution in [3.05, 3.63) is 35.9 Å². The van der Waals surface area contributed by atoms with Crippen molar-refractivity contribution in [2.75, 3.05) is 13.7 Å². The molecule has 0 unspecified atom stereocenters. The van der Waals surface area contributed by atoms with Gasteiger partial charge in [0.15, 0.2) is 0 Å². The van der Waals surface area contributed by atoms with Gasteiger partial charge >= 0.3 is 6.08 Å². The van der Waals surface area contributed by atoms with Gasteiger partial charge in [-0.2, -0.15) is 0 Å². The summed E-state index contributed by atoms with van der Waals surface area (Å²) < 4.78 is 10.1. The Kier molecular flexibility index (Phi) is 2.68. The number of aliphatic imine (C=N–C) groups is 1. The first kappa shape index (κ1) is 9.06. The quantitative estimate of drug-likeness (QED) is 0.711. The second-order valence-electron chi connectivity index (χ2n) is 3.25. The molecule has 74 valence electrons. The lowest BCUT2D eigenvalue weighted by molar-refractivity contribution is 0.219. The van der Waals surface area contributed by atoms with Gasteiger partial charge < -0.3 is 9.47 Å². The van der Waals surface area contributed by atoms with Crippen LogP contribution in [0.4, 0.5) is 0 Å². The number of nitrogens with zero attached hydrogens (tertiary/aromatic N) is 1. The highest BCUT2D eigenvalue weighted by molar-refractivity contribution is 5.68. The van der Waals surface area contributed by atoms with E-state index in [9.17, 15) is 0 Å². The predicted molar refractivity (Wildman–Crippen MR) is 54.3 cm³/mol. The van der Waals surface area contributed by atoms with Crippen LogP contribution in [0.2, 0.25) is 0 Å². The van der Waals surface area contributed by atoms with Crippen molar-refractivity contribution in [2.45, 2.75) is 12.5 Å². The summed E-state index contributed by atoms with van der Waals surface area (Å²) in [4.78, 5) is 4.27. The zero-order chi connectivity index (χ0) is 9.80. The fourth-order valence-electron chi connectivity index (χ4n) is 1.49. The Morgan fingerprint density at radius 1 is 1.43 bits per heavy atom. The molecular formula is C11H13NO2. The molecule has 0 saturated carbocycles. The third kappa shape index (κ3) is 2.05. The van der Waals surface area contributed by atoms with Crippen LogP contribution in [0.5, 0.6) is 0 Å². The van der Waals surface area contributed by atoms with E-state index in [2.05, 4.69) is 17.1 Å². The minimum Gasteiger partial charge on any atom is -0.454 e. The lowest BCUT2D eigenvalue weighted by atomic mass is 10.1. The van der Waals surface area contributed by atoms with Gasteiger partial charge in [0.25, 0.3) is 0 Å². The summed E-state index contributed by atoms with van der Waals surface area (Å²) in [6.45, 7) is 0.623. The number of ether oxygens (including phenoxy) is 2. The summed E-state index contributed by atoms with van der Waals surface area (Å²) in [5.74, 6) is 0. The third-order valence-electron chi connectivity index (χ3n) is 2.18. The predicted octanol–water partition coefficient (Wildman–Crippen LogP) is 1.63. The summed E-state index contributed by atoms with van der Waals surface area (Å²) in [7, 11) is 1.57. The Balaban J connectivity index is 1.97. The molecule has 0 fully saturated rings. The van der Waals surface area contributed by atoms with Crippen LogP contribution >= 0.6 is 0 Å². The van der Waals surface area contributed by atoms with Crippen LogP contribution in [0.1, 0.15) is 5.56 Å². The zero-order valence-corrected chi connectivity index (χ0v) is 8.14. The van der Waals surface area contributed by atoms with E-state index in [-0.39, 0.29) is 6.04 Å². The minimum absolute atomic E-state index is 0.201. The third-order valence-corrected chi connectivity index (χ3v) is 2.18. The summed E-state index contributed by atoms with van der Waals surface area (Å²) >= 11 is 0. The van der Waals surface area contributed by atoms with E-state index in [0.717, 1.165) is 6.42 Å². The largest absolute Gasteiger partial charge is 0.454 e. The Morgan fingerprint density at radius 2 is 2.21 bits per heavy atom. The molecule has 0 radical (unpaired) electrons. The highest BCUT2D eigenvalue weighted by atomic mass is 16.7. The Hall–Kier alpha value is -1.51. The van der Waals surface area contributed by atoms with Crippen molar-refractivity contribution < 1.29 is 9.47 Å². The average Bonchev–Trinajstić information content (AvgIpc) is 2.67. The van der Waals surface area contributed by atoms with Crippen LogP contribution in [0.3, 0.4) is 0 Å². The molecule has 1 aromatic carbocycles. The highest BCUT2D eigenvalue weighted by Gasteiger charge is 2.19. The molecule has 0 N–H and O–H groups in total. The van der Waals surface area contributed by atoms with Gasteiger partial charge in [0.1, 0.15) is 6.61 Å². The smallest absolute Gasteiger partial charge is 0.383 e. The topological polar surface area (TPSA) is 30.8 Å². The molecule has 14 heavy (non-hydrogen) atoms. The van der Waals surface area contributed by atoms with Crippen molar-refractivity contribution in [2.24, 2.45) is 4.99 Å². The lowest BCUT2D eigenvalue weighted by Gasteiger charge is -2.03. The summed E-state index contributed by atoms with van der Waals surface area (Å²) in [6.07, 6.45) is 1.32. The van der Waals surface area contributed by atoms with E-state index >= 15 is 0 Å². The Labute approximate surface area is 83.4 Å². The first-order valence-electron chi connectivity index (χ1n) is 4.67. The van der Waals surface area contributed by atoms with E-state index in [4.69, 9.17) is 9.47 Å². The Bertz CT molecular complexity index is 321. The van der Waals surface area contributed by atoms with Crippen LogP contribution in [-0.4, -0.2) is 25.8 Å². The summed E-state index contributed by atoms with van der Waals surface area (Å²) in [6, 6.07) is 10.5. The Morgan fingerprint density at radius 3 is 2.86 bits per heavy atom. The molecule has 0 aliphatic carbocycles. The van der Waals surface area contributed by atoms with Crippen LogP contribution in [0, 0.1) is 0 Å². The molecule has 1 aliphatic heterocycles. The van der Waals surface area contributed by atoms with E-state index in [1.54, 1.807) is 7.11 Å². The highest BCUT2D eigenvalue weighted by Crippen LogP contribution is 2.11. The van der Waals surface area contributed by atoms with Crippen molar-refractivity contribution >= 4 is 6.08 Å². The number of benzene rings is 1. The number of methoxy groups -OCH3 is 1. The maximum absolute atomic E-state index is 5.21. The summed E-state index contributed by atoms with van der Waals surface area (Å²) in [5, 5.41) is 0. The molecule has 0 amide bonds. The molecular weight excluding hydrogens is 178 g/mol. The minimum atomic E-state index is 0.201. The fourth-order valence-corrected chi connectivity index (χ4v) is 1.49. The second-order valence-corrected chi connectivity index (χ2v) is 3.25. The van der Waals surface area contributed by atoms with Crippen molar-refractivity contribution in [1.82, 2.24) is 0 Å². The molecule has 0 saturated heterocycles. The maximum Gasteiger partial charge on any atom is 0.383 e. The molecule has 0 spiro atoms. The van der Waals surface area contributed by atoms with Gasteiger partial charge in [-0.15, -0.1) is 0 Å². The van der Waals surface area contributed by atoms with Gasteiger partial charge in [-0.1, -0.05) is 30.3 Å². The monoisotopic (exact) mass is 191 g/mol. The first-order valence-corrected chi connectivity index (χ1v) is 4.67. The molecule has 2 rings (SSSR count).